The third kappa shape index (κ3) is 6.81. The number of nitrogens with zero attached hydrogens (tertiary/aromatic N) is 1. The van der Waals surface area contributed by atoms with Crippen molar-refractivity contribution < 1.29 is 19.2 Å². The summed E-state index contributed by atoms with van der Waals surface area (Å²) >= 11 is 1.32. The van der Waals surface area contributed by atoms with E-state index in [2.05, 4.69) is 10.9 Å². The van der Waals surface area contributed by atoms with Crippen molar-refractivity contribution >= 4 is 29.3 Å². The van der Waals surface area contributed by atoms with Gasteiger partial charge in [-0.15, -0.1) is 11.8 Å². The van der Waals surface area contributed by atoms with Gasteiger partial charge in [0.25, 0.3) is 11.6 Å². The normalized spacial score (nSPS) is 10.4. The van der Waals surface area contributed by atoms with Crippen LogP contribution < -0.4 is 15.6 Å². The number of nitrogens with one attached hydrogen (secondary N) is 2. The summed E-state index contributed by atoms with van der Waals surface area (Å²) in [6.07, 6.45) is 0.0546. The summed E-state index contributed by atoms with van der Waals surface area (Å²) in [5.41, 5.74) is 7.46. The van der Waals surface area contributed by atoms with Gasteiger partial charge in [-0.2, -0.15) is 0 Å². The molecular weight excluding hydrogens is 442 g/mol. The summed E-state index contributed by atoms with van der Waals surface area (Å²) in [5.74, 6) is 0.174. The molecule has 0 atom stereocenters. The number of methoxy groups -OCH3 is 1. The first-order chi connectivity index (χ1) is 15.9. The van der Waals surface area contributed by atoms with Crippen molar-refractivity contribution in [2.45, 2.75) is 24.0 Å². The van der Waals surface area contributed by atoms with E-state index in [1.54, 1.807) is 37.4 Å². The molecule has 0 saturated heterocycles. The second-order valence-corrected chi connectivity index (χ2v) is 8.26. The Labute approximate surface area is 195 Å². The molecule has 0 aliphatic heterocycles. The molecule has 3 aromatic carbocycles. The number of nitro benzene ring substituents is 1. The van der Waals surface area contributed by atoms with Gasteiger partial charge < -0.3 is 4.74 Å². The second kappa shape index (κ2) is 11.1. The third-order valence-corrected chi connectivity index (χ3v) is 5.91. The average Bonchev–Trinajstić information content (AvgIpc) is 2.82. The lowest BCUT2D eigenvalue weighted by molar-refractivity contribution is -0.387. The minimum absolute atomic E-state index is 0.0546. The van der Waals surface area contributed by atoms with Crippen LogP contribution in [0.4, 0.5) is 5.69 Å². The van der Waals surface area contributed by atoms with Crippen LogP contribution in [0, 0.1) is 17.0 Å². The topological polar surface area (TPSA) is 111 Å². The Balaban J connectivity index is 1.60. The van der Waals surface area contributed by atoms with Crippen molar-refractivity contribution in [1.82, 2.24) is 10.9 Å². The molecule has 3 rings (SSSR count). The Morgan fingerprint density at radius 2 is 1.64 bits per heavy atom. The standard InChI is InChI=1S/C24H23N3O5S/c1-16-3-5-18(6-4-16)15-33-22-12-9-19(14-21(22)27(30)31)24(29)26-25-23(28)13-17-7-10-20(32-2)11-8-17/h3-12,14H,13,15H2,1-2H3,(H,25,28)(H,26,29). The van der Waals surface area contributed by atoms with Gasteiger partial charge >= 0.3 is 0 Å². The van der Waals surface area contributed by atoms with Crippen LogP contribution in [0.1, 0.15) is 27.0 Å². The molecule has 0 aromatic heterocycles. The molecule has 0 unspecified atom stereocenters. The molecule has 8 nitrogen and oxygen atoms in total. The molecule has 0 spiro atoms. The van der Waals surface area contributed by atoms with Gasteiger partial charge in [0.1, 0.15) is 5.75 Å². The number of hydrogen-bond acceptors (Lipinski definition) is 6. The highest BCUT2D eigenvalue weighted by atomic mass is 32.2. The van der Waals surface area contributed by atoms with Crippen molar-refractivity contribution in [2.24, 2.45) is 0 Å². The van der Waals surface area contributed by atoms with Gasteiger partial charge in [0, 0.05) is 17.4 Å². The van der Waals surface area contributed by atoms with E-state index >= 15 is 0 Å². The summed E-state index contributed by atoms with van der Waals surface area (Å²) < 4.78 is 5.07. The zero-order valence-corrected chi connectivity index (χ0v) is 19.0. The summed E-state index contributed by atoms with van der Waals surface area (Å²) in [4.78, 5) is 36.0. The fourth-order valence-corrected chi connectivity index (χ4v) is 3.90. The maximum absolute atomic E-state index is 12.4. The highest BCUT2D eigenvalue weighted by Gasteiger charge is 2.18. The number of benzene rings is 3. The van der Waals surface area contributed by atoms with Gasteiger partial charge in [-0.3, -0.25) is 30.6 Å². The van der Waals surface area contributed by atoms with Gasteiger partial charge in [-0.25, -0.2) is 0 Å². The molecule has 2 amide bonds. The number of hydrogen-bond donors (Lipinski definition) is 2. The van der Waals surface area contributed by atoms with Crippen LogP contribution in [0.5, 0.6) is 5.75 Å². The van der Waals surface area contributed by atoms with Crippen molar-refractivity contribution in [2.75, 3.05) is 7.11 Å². The van der Waals surface area contributed by atoms with Crippen LogP contribution in [-0.4, -0.2) is 23.8 Å². The molecule has 0 heterocycles. The highest BCUT2D eigenvalue weighted by Crippen LogP contribution is 2.32. The summed E-state index contributed by atoms with van der Waals surface area (Å²) in [6.45, 7) is 1.99. The van der Waals surface area contributed by atoms with Gasteiger partial charge in [0.15, 0.2) is 0 Å². The first kappa shape index (κ1) is 23.8. The van der Waals surface area contributed by atoms with Crippen LogP contribution in [0.25, 0.3) is 0 Å². The maximum Gasteiger partial charge on any atom is 0.283 e. The quantitative estimate of drug-likeness (QED) is 0.293. The Morgan fingerprint density at radius 1 is 0.970 bits per heavy atom. The van der Waals surface area contributed by atoms with E-state index in [9.17, 15) is 19.7 Å². The highest BCUT2D eigenvalue weighted by molar-refractivity contribution is 7.98. The third-order valence-electron chi connectivity index (χ3n) is 4.77. The van der Waals surface area contributed by atoms with Crippen LogP contribution in [-0.2, 0) is 17.0 Å². The molecule has 0 aliphatic rings. The van der Waals surface area contributed by atoms with E-state index in [4.69, 9.17) is 4.74 Å². The summed E-state index contributed by atoms with van der Waals surface area (Å²) in [5, 5.41) is 11.5. The number of rotatable bonds is 8. The Bertz CT molecular complexity index is 1150. The molecule has 0 fully saturated rings. The first-order valence-corrected chi connectivity index (χ1v) is 11.0. The minimum Gasteiger partial charge on any atom is -0.497 e. The van der Waals surface area contributed by atoms with Gasteiger partial charge in [0.05, 0.1) is 23.3 Å². The van der Waals surface area contributed by atoms with Crippen molar-refractivity contribution in [3.8, 4) is 5.75 Å². The van der Waals surface area contributed by atoms with Gasteiger partial charge in [-0.1, -0.05) is 42.0 Å². The number of hydrazine groups is 1. The first-order valence-electron chi connectivity index (χ1n) is 10.0. The van der Waals surface area contributed by atoms with E-state index in [1.165, 1.54) is 23.9 Å². The molecule has 3 aromatic rings. The lowest BCUT2D eigenvalue weighted by Gasteiger charge is -2.09. The fourth-order valence-electron chi connectivity index (χ4n) is 2.94. The molecule has 0 radical (unpaired) electrons. The lowest BCUT2D eigenvalue weighted by Crippen LogP contribution is -2.42. The SMILES string of the molecule is COc1ccc(CC(=O)NNC(=O)c2ccc(SCc3ccc(C)cc3)c([N+](=O)[O-])c2)cc1. The summed E-state index contributed by atoms with van der Waals surface area (Å²) in [7, 11) is 1.55. The predicted octanol–water partition coefficient (Wildman–Crippen LogP) is 4.21. The van der Waals surface area contributed by atoms with Gasteiger partial charge in [0.2, 0.25) is 5.91 Å². The molecule has 170 valence electrons. The monoisotopic (exact) mass is 465 g/mol. The Morgan fingerprint density at radius 3 is 2.27 bits per heavy atom. The van der Waals surface area contributed by atoms with Crippen LogP contribution in [0.2, 0.25) is 0 Å². The molecule has 9 heteroatoms. The average molecular weight is 466 g/mol. The largest absolute Gasteiger partial charge is 0.497 e. The Kier molecular flexibility index (Phi) is 8.04. The Hall–Kier alpha value is -3.85. The van der Waals surface area contributed by atoms with E-state index in [1.807, 2.05) is 31.2 Å². The van der Waals surface area contributed by atoms with Crippen molar-refractivity contribution in [3.05, 3.63) is 99.1 Å². The van der Waals surface area contributed by atoms with Crippen LogP contribution >= 0.6 is 11.8 Å². The molecule has 33 heavy (non-hydrogen) atoms. The number of carbonyl (C=O) groups is 2. The van der Waals surface area contributed by atoms with E-state index in [0.29, 0.717) is 16.4 Å². The molecule has 0 aliphatic carbocycles. The molecule has 0 bridgehead atoms. The number of thioether (sulfide) groups is 1. The van der Waals surface area contributed by atoms with Crippen molar-refractivity contribution in [1.29, 1.82) is 0 Å². The number of carbonyl (C=O) groups excluding carboxylic acids is 2. The van der Waals surface area contributed by atoms with Crippen LogP contribution in [0.3, 0.4) is 0 Å². The predicted molar refractivity (Wildman–Crippen MR) is 126 cm³/mol. The fraction of sp³-hybridized carbons (Fsp3) is 0.167. The van der Waals surface area contributed by atoms with E-state index < -0.39 is 16.7 Å². The summed E-state index contributed by atoms with van der Waals surface area (Å²) in [6, 6.07) is 19.1. The smallest absolute Gasteiger partial charge is 0.283 e. The van der Waals surface area contributed by atoms with Gasteiger partial charge in [-0.05, 0) is 42.3 Å². The van der Waals surface area contributed by atoms with Crippen molar-refractivity contribution in [3.63, 3.8) is 0 Å². The minimum atomic E-state index is -0.642. The zero-order chi connectivity index (χ0) is 23.8. The lowest BCUT2D eigenvalue weighted by atomic mass is 10.1. The molecule has 0 saturated carbocycles. The molecule has 2 N–H and O–H groups in total. The zero-order valence-electron chi connectivity index (χ0n) is 18.2. The number of nitro groups is 1. The van der Waals surface area contributed by atoms with Crippen LogP contribution in [0.15, 0.2) is 71.6 Å². The molecular formula is C24H23N3O5S. The van der Waals surface area contributed by atoms with E-state index in [0.717, 1.165) is 16.7 Å². The number of amides is 2. The van der Waals surface area contributed by atoms with E-state index in [-0.39, 0.29) is 17.7 Å². The second-order valence-electron chi connectivity index (χ2n) is 7.24. The maximum atomic E-state index is 12.4. The number of aryl methyl sites for hydroxylation is 1. The number of ether oxygens (including phenoxy) is 1.